The van der Waals surface area contributed by atoms with Gasteiger partial charge in [0.2, 0.25) is 5.91 Å². The first-order valence-electron chi connectivity index (χ1n) is 7.51. The molecule has 0 spiro atoms. The third kappa shape index (κ3) is 3.05. The van der Waals surface area contributed by atoms with Crippen molar-refractivity contribution in [1.82, 2.24) is 4.90 Å². The van der Waals surface area contributed by atoms with Crippen LogP contribution in [0.3, 0.4) is 0 Å². The van der Waals surface area contributed by atoms with E-state index < -0.39 is 0 Å². The van der Waals surface area contributed by atoms with Crippen LogP contribution < -0.4 is 5.73 Å². The van der Waals surface area contributed by atoms with Crippen molar-refractivity contribution in [3.8, 4) is 0 Å². The summed E-state index contributed by atoms with van der Waals surface area (Å²) in [5.41, 5.74) is 6.06. The number of nitrogens with two attached hydrogens (primary N) is 1. The summed E-state index contributed by atoms with van der Waals surface area (Å²) in [6.07, 6.45) is 4.16. The zero-order valence-electron chi connectivity index (χ0n) is 12.1. The molecule has 2 rings (SSSR count). The maximum atomic E-state index is 12.6. The normalized spacial score (nSPS) is 41.8. The molecule has 0 bridgehead atoms. The van der Waals surface area contributed by atoms with Gasteiger partial charge in [0.05, 0.1) is 0 Å². The lowest BCUT2D eigenvalue weighted by Crippen LogP contribution is -2.47. The first-order chi connectivity index (χ1) is 8.47. The van der Waals surface area contributed by atoms with Crippen LogP contribution in [-0.2, 0) is 4.79 Å². The summed E-state index contributed by atoms with van der Waals surface area (Å²) in [5.74, 6) is 2.54. The molecule has 0 aromatic carbocycles. The average molecular weight is 252 g/mol. The first-order valence-corrected chi connectivity index (χ1v) is 7.51. The molecule has 0 aromatic heterocycles. The topological polar surface area (TPSA) is 46.3 Å². The molecule has 3 nitrogen and oxygen atoms in total. The molecule has 18 heavy (non-hydrogen) atoms. The van der Waals surface area contributed by atoms with Crippen LogP contribution in [0.2, 0.25) is 0 Å². The maximum absolute atomic E-state index is 12.6. The molecule has 1 heterocycles. The van der Waals surface area contributed by atoms with Gasteiger partial charge in [0, 0.05) is 25.0 Å². The second kappa shape index (κ2) is 5.60. The molecule has 1 saturated carbocycles. The lowest BCUT2D eigenvalue weighted by atomic mass is 9.78. The number of nitrogens with zero attached hydrogens (tertiary/aromatic N) is 1. The molecule has 0 aromatic rings. The van der Waals surface area contributed by atoms with Crippen LogP contribution in [0.4, 0.5) is 0 Å². The summed E-state index contributed by atoms with van der Waals surface area (Å²) in [6, 6.07) is 0.226. The van der Waals surface area contributed by atoms with Gasteiger partial charge in [0.1, 0.15) is 0 Å². The number of hydrogen-bond acceptors (Lipinski definition) is 2. The van der Waals surface area contributed by atoms with Crippen molar-refractivity contribution < 1.29 is 4.79 Å². The van der Waals surface area contributed by atoms with Crippen molar-refractivity contribution >= 4 is 5.91 Å². The monoisotopic (exact) mass is 252 g/mol. The van der Waals surface area contributed by atoms with Gasteiger partial charge in [0.15, 0.2) is 0 Å². The fourth-order valence-electron chi connectivity index (χ4n) is 3.58. The number of carbonyl (C=O) groups excluding carboxylic acids is 1. The highest BCUT2D eigenvalue weighted by molar-refractivity contribution is 5.79. The number of likely N-dealkylation sites (tertiary alicyclic amines) is 1. The summed E-state index contributed by atoms with van der Waals surface area (Å²) in [5, 5.41) is 0. The van der Waals surface area contributed by atoms with E-state index in [4.69, 9.17) is 5.73 Å². The third-order valence-electron chi connectivity index (χ3n) is 4.97. The molecular weight excluding hydrogens is 224 g/mol. The summed E-state index contributed by atoms with van der Waals surface area (Å²) >= 11 is 0. The summed E-state index contributed by atoms with van der Waals surface area (Å²) in [6.45, 7) is 8.68. The molecule has 1 aliphatic carbocycles. The quantitative estimate of drug-likeness (QED) is 0.778. The summed E-state index contributed by atoms with van der Waals surface area (Å²) < 4.78 is 0. The highest BCUT2D eigenvalue weighted by atomic mass is 16.2. The Bertz CT molecular complexity index is 295. The SMILES string of the molecule is CC1CC(N)CC(C(=O)N2CCC(C)C(C)C2)C1. The van der Waals surface area contributed by atoms with E-state index in [0.717, 1.165) is 44.7 Å². The molecular formula is C15H28N2O. The third-order valence-corrected chi connectivity index (χ3v) is 4.97. The minimum atomic E-state index is 0.185. The fourth-order valence-corrected chi connectivity index (χ4v) is 3.58. The van der Waals surface area contributed by atoms with Crippen molar-refractivity contribution in [2.75, 3.05) is 13.1 Å². The Labute approximate surface area is 111 Å². The number of amides is 1. The predicted molar refractivity (Wildman–Crippen MR) is 74.0 cm³/mol. The molecule has 1 aliphatic heterocycles. The Morgan fingerprint density at radius 3 is 2.44 bits per heavy atom. The Morgan fingerprint density at radius 2 is 1.83 bits per heavy atom. The molecule has 5 unspecified atom stereocenters. The Balaban J connectivity index is 1.94. The highest BCUT2D eigenvalue weighted by Gasteiger charge is 2.34. The first kappa shape index (κ1) is 13.9. The molecule has 104 valence electrons. The fraction of sp³-hybridized carbons (Fsp3) is 0.933. The molecule has 0 radical (unpaired) electrons. The van der Waals surface area contributed by atoms with E-state index in [1.165, 1.54) is 0 Å². The number of hydrogen-bond donors (Lipinski definition) is 1. The maximum Gasteiger partial charge on any atom is 0.225 e. The van der Waals surface area contributed by atoms with Crippen LogP contribution in [-0.4, -0.2) is 29.9 Å². The van der Waals surface area contributed by atoms with E-state index in [9.17, 15) is 4.79 Å². The Morgan fingerprint density at radius 1 is 1.11 bits per heavy atom. The number of rotatable bonds is 1. The van der Waals surface area contributed by atoms with Crippen molar-refractivity contribution in [3.05, 3.63) is 0 Å². The zero-order chi connectivity index (χ0) is 13.3. The standard InChI is InChI=1S/C15H28N2O/c1-10-6-13(8-14(16)7-10)15(18)17-5-4-11(2)12(3)9-17/h10-14H,4-9,16H2,1-3H3. The number of piperidine rings is 1. The lowest BCUT2D eigenvalue weighted by Gasteiger charge is -2.39. The van der Waals surface area contributed by atoms with E-state index in [-0.39, 0.29) is 12.0 Å². The van der Waals surface area contributed by atoms with Gasteiger partial charge < -0.3 is 10.6 Å². The van der Waals surface area contributed by atoms with E-state index >= 15 is 0 Å². The van der Waals surface area contributed by atoms with Gasteiger partial charge in [-0.2, -0.15) is 0 Å². The van der Waals surface area contributed by atoms with Gasteiger partial charge in [-0.3, -0.25) is 4.79 Å². The van der Waals surface area contributed by atoms with Crippen LogP contribution >= 0.6 is 0 Å². The van der Waals surface area contributed by atoms with E-state index in [1.54, 1.807) is 0 Å². The minimum Gasteiger partial charge on any atom is -0.342 e. The zero-order valence-corrected chi connectivity index (χ0v) is 12.1. The molecule has 2 N–H and O–H groups in total. The van der Waals surface area contributed by atoms with Gasteiger partial charge in [-0.15, -0.1) is 0 Å². The van der Waals surface area contributed by atoms with Crippen LogP contribution in [0.1, 0.15) is 46.5 Å². The van der Waals surface area contributed by atoms with Crippen LogP contribution in [0.15, 0.2) is 0 Å². The second-order valence-corrected chi connectivity index (χ2v) is 6.80. The van der Waals surface area contributed by atoms with Crippen molar-refractivity contribution in [2.24, 2.45) is 29.4 Å². The van der Waals surface area contributed by atoms with Gasteiger partial charge in [-0.1, -0.05) is 20.8 Å². The molecule has 2 fully saturated rings. The Kier molecular flexibility index (Phi) is 4.31. The van der Waals surface area contributed by atoms with Crippen molar-refractivity contribution in [1.29, 1.82) is 0 Å². The van der Waals surface area contributed by atoms with E-state index in [2.05, 4.69) is 25.7 Å². The minimum absolute atomic E-state index is 0.185. The van der Waals surface area contributed by atoms with Gasteiger partial charge in [-0.25, -0.2) is 0 Å². The molecule has 2 aliphatic rings. The number of carbonyl (C=O) groups is 1. The summed E-state index contributed by atoms with van der Waals surface area (Å²) in [7, 11) is 0. The van der Waals surface area contributed by atoms with Crippen molar-refractivity contribution in [3.63, 3.8) is 0 Å². The van der Waals surface area contributed by atoms with Gasteiger partial charge in [-0.05, 0) is 43.4 Å². The molecule has 1 saturated heterocycles. The van der Waals surface area contributed by atoms with Crippen LogP contribution in [0.25, 0.3) is 0 Å². The largest absolute Gasteiger partial charge is 0.342 e. The predicted octanol–water partition coefficient (Wildman–Crippen LogP) is 2.25. The van der Waals surface area contributed by atoms with Gasteiger partial charge in [0.25, 0.3) is 0 Å². The van der Waals surface area contributed by atoms with Crippen molar-refractivity contribution in [2.45, 2.75) is 52.5 Å². The lowest BCUT2D eigenvalue weighted by molar-refractivity contribution is -0.139. The molecule has 1 amide bonds. The molecule has 3 heteroatoms. The smallest absolute Gasteiger partial charge is 0.225 e. The highest BCUT2D eigenvalue weighted by Crippen LogP contribution is 2.31. The van der Waals surface area contributed by atoms with E-state index in [1.807, 2.05) is 0 Å². The van der Waals surface area contributed by atoms with Crippen LogP contribution in [0.5, 0.6) is 0 Å². The molecule has 5 atom stereocenters. The average Bonchev–Trinajstić information content (AvgIpc) is 2.30. The van der Waals surface area contributed by atoms with Crippen LogP contribution in [0, 0.1) is 23.7 Å². The second-order valence-electron chi connectivity index (χ2n) is 6.80. The van der Waals surface area contributed by atoms with Gasteiger partial charge >= 0.3 is 0 Å². The van der Waals surface area contributed by atoms with E-state index in [0.29, 0.717) is 17.7 Å². The Hall–Kier alpha value is -0.570. The summed E-state index contributed by atoms with van der Waals surface area (Å²) in [4.78, 5) is 14.7.